The molecule has 0 bridgehead atoms. The van der Waals surface area contributed by atoms with Gasteiger partial charge in [-0.2, -0.15) is 0 Å². The maximum absolute atomic E-state index is 10.5. The molecule has 1 aromatic carbocycles. The summed E-state index contributed by atoms with van der Waals surface area (Å²) < 4.78 is 5.06. The number of oxazole rings is 1. The number of nitrogens with zero attached hydrogens (tertiary/aromatic N) is 1. The molecule has 4 heteroatoms. The molecule has 4 nitrogen and oxygen atoms in total. The highest BCUT2D eigenvalue weighted by molar-refractivity contribution is 5.70. The van der Waals surface area contributed by atoms with Crippen LogP contribution in [-0.4, -0.2) is 16.4 Å². The number of carbonyl (C=O) groups excluding carboxylic acids is 1. The molecule has 1 N–H and O–H groups in total. The Morgan fingerprint density at radius 1 is 1.14 bits per heavy atom. The zero-order chi connectivity index (χ0) is 14.9. The molecule has 0 aliphatic rings. The molecule has 112 valence electrons. The van der Waals surface area contributed by atoms with Gasteiger partial charge in [-0.25, -0.2) is 4.98 Å². The molecule has 0 saturated carbocycles. The van der Waals surface area contributed by atoms with Crippen molar-refractivity contribution in [2.24, 2.45) is 0 Å². The molecule has 0 fully saturated rings. The van der Waals surface area contributed by atoms with Crippen molar-refractivity contribution in [2.75, 3.05) is 0 Å². The predicted molar refractivity (Wildman–Crippen MR) is 80.1 cm³/mol. The molecule has 0 spiro atoms. The Kier molecular flexibility index (Phi) is 6.16. The van der Waals surface area contributed by atoms with Gasteiger partial charge in [-0.05, 0) is 24.8 Å². The topological polar surface area (TPSA) is 63.3 Å². The van der Waals surface area contributed by atoms with Gasteiger partial charge >= 0.3 is 0 Å². The van der Waals surface area contributed by atoms with E-state index in [1.54, 1.807) is 0 Å². The van der Waals surface area contributed by atoms with Crippen molar-refractivity contribution in [3.63, 3.8) is 0 Å². The van der Waals surface area contributed by atoms with Gasteiger partial charge in [0, 0.05) is 0 Å². The SMILES string of the molecule is O=Cc1coc(C(O)CCCCCCc2ccccc2)n1. The standard InChI is InChI=1S/C17H21NO3/c19-12-15-13-21-17(18-15)16(20)11-7-2-1-4-8-14-9-5-3-6-10-14/h3,5-6,9-10,12-13,16,20H,1-2,4,7-8,11H2. The van der Waals surface area contributed by atoms with Crippen LogP contribution in [-0.2, 0) is 6.42 Å². The summed E-state index contributed by atoms with van der Waals surface area (Å²) in [6.07, 6.45) is 7.19. The number of aryl methyl sites for hydroxylation is 1. The van der Waals surface area contributed by atoms with Crippen LogP contribution in [0.15, 0.2) is 41.0 Å². The first-order valence-electron chi connectivity index (χ1n) is 7.42. The molecule has 0 saturated heterocycles. The second-order valence-corrected chi connectivity index (χ2v) is 5.18. The molecule has 1 atom stereocenters. The Morgan fingerprint density at radius 2 is 1.90 bits per heavy atom. The Labute approximate surface area is 124 Å². The Morgan fingerprint density at radius 3 is 2.62 bits per heavy atom. The Hall–Kier alpha value is -1.94. The average molecular weight is 287 g/mol. The second kappa shape index (κ2) is 8.37. The lowest BCUT2D eigenvalue weighted by Gasteiger charge is -2.06. The van der Waals surface area contributed by atoms with Crippen LogP contribution in [0.5, 0.6) is 0 Å². The monoisotopic (exact) mass is 287 g/mol. The van der Waals surface area contributed by atoms with E-state index in [9.17, 15) is 9.90 Å². The summed E-state index contributed by atoms with van der Waals surface area (Å²) in [7, 11) is 0. The van der Waals surface area contributed by atoms with Crippen LogP contribution in [0.4, 0.5) is 0 Å². The third-order valence-electron chi connectivity index (χ3n) is 3.48. The van der Waals surface area contributed by atoms with Crippen molar-refractivity contribution in [3.05, 3.63) is 53.7 Å². The van der Waals surface area contributed by atoms with Gasteiger partial charge in [0.1, 0.15) is 18.1 Å². The normalized spacial score (nSPS) is 12.2. The van der Waals surface area contributed by atoms with E-state index < -0.39 is 6.10 Å². The van der Waals surface area contributed by atoms with E-state index in [0.717, 1.165) is 32.1 Å². The van der Waals surface area contributed by atoms with E-state index in [0.29, 0.717) is 12.7 Å². The number of rotatable bonds is 9. The number of aliphatic hydroxyl groups is 1. The molecular weight excluding hydrogens is 266 g/mol. The van der Waals surface area contributed by atoms with Gasteiger partial charge in [0.2, 0.25) is 5.89 Å². The average Bonchev–Trinajstić information content (AvgIpc) is 3.00. The number of hydrogen-bond acceptors (Lipinski definition) is 4. The second-order valence-electron chi connectivity index (χ2n) is 5.18. The first-order valence-corrected chi connectivity index (χ1v) is 7.42. The van der Waals surface area contributed by atoms with Gasteiger partial charge in [-0.1, -0.05) is 49.6 Å². The van der Waals surface area contributed by atoms with Gasteiger partial charge in [-0.3, -0.25) is 4.79 Å². The van der Waals surface area contributed by atoms with Gasteiger partial charge in [0.05, 0.1) is 0 Å². The maximum Gasteiger partial charge on any atom is 0.223 e. The minimum atomic E-state index is -0.715. The van der Waals surface area contributed by atoms with E-state index in [1.807, 2.05) is 6.07 Å². The molecule has 1 heterocycles. The van der Waals surface area contributed by atoms with Crippen molar-refractivity contribution in [1.82, 2.24) is 4.98 Å². The van der Waals surface area contributed by atoms with Gasteiger partial charge < -0.3 is 9.52 Å². The van der Waals surface area contributed by atoms with E-state index in [2.05, 4.69) is 29.2 Å². The van der Waals surface area contributed by atoms with E-state index in [1.165, 1.54) is 11.8 Å². The van der Waals surface area contributed by atoms with Gasteiger partial charge in [0.25, 0.3) is 0 Å². The van der Waals surface area contributed by atoms with Crippen LogP contribution >= 0.6 is 0 Å². The molecule has 0 aliphatic heterocycles. The van der Waals surface area contributed by atoms with Crippen molar-refractivity contribution in [3.8, 4) is 0 Å². The van der Waals surface area contributed by atoms with Crippen molar-refractivity contribution < 1.29 is 14.3 Å². The predicted octanol–water partition coefficient (Wildman–Crippen LogP) is 3.71. The lowest BCUT2D eigenvalue weighted by atomic mass is 10.0. The minimum Gasteiger partial charge on any atom is -0.445 e. The zero-order valence-electron chi connectivity index (χ0n) is 12.1. The number of aromatic nitrogens is 1. The highest BCUT2D eigenvalue weighted by atomic mass is 16.4. The summed E-state index contributed by atoms with van der Waals surface area (Å²) in [5.41, 5.74) is 1.60. The fourth-order valence-electron chi connectivity index (χ4n) is 2.30. The molecule has 2 aromatic rings. The Balaban J connectivity index is 1.58. The number of carbonyl (C=O) groups is 1. The summed E-state index contributed by atoms with van der Waals surface area (Å²) in [6, 6.07) is 10.5. The quantitative estimate of drug-likeness (QED) is 0.564. The van der Waals surface area contributed by atoms with Crippen molar-refractivity contribution in [1.29, 1.82) is 0 Å². The maximum atomic E-state index is 10.5. The van der Waals surface area contributed by atoms with Gasteiger partial charge in [0.15, 0.2) is 6.29 Å². The van der Waals surface area contributed by atoms with Crippen LogP contribution in [0.3, 0.4) is 0 Å². The van der Waals surface area contributed by atoms with E-state index in [-0.39, 0.29) is 11.6 Å². The van der Waals surface area contributed by atoms with Crippen LogP contribution < -0.4 is 0 Å². The van der Waals surface area contributed by atoms with E-state index in [4.69, 9.17) is 4.42 Å². The summed E-state index contributed by atoms with van der Waals surface area (Å²) in [5, 5.41) is 9.89. The van der Waals surface area contributed by atoms with Crippen LogP contribution in [0, 0.1) is 0 Å². The smallest absolute Gasteiger partial charge is 0.223 e. The molecule has 0 radical (unpaired) electrons. The molecule has 0 aliphatic carbocycles. The molecule has 1 unspecified atom stereocenters. The summed E-state index contributed by atoms with van der Waals surface area (Å²) in [6.45, 7) is 0. The first-order chi connectivity index (χ1) is 10.3. The molecule has 2 rings (SSSR count). The number of unbranched alkanes of at least 4 members (excludes halogenated alkanes) is 3. The lowest BCUT2D eigenvalue weighted by Crippen LogP contribution is -1.98. The van der Waals surface area contributed by atoms with Crippen LogP contribution in [0.2, 0.25) is 0 Å². The summed E-state index contributed by atoms with van der Waals surface area (Å²) in [4.78, 5) is 14.4. The fraction of sp³-hybridized carbons (Fsp3) is 0.412. The Bertz CT molecular complexity index is 536. The van der Waals surface area contributed by atoms with Crippen molar-refractivity contribution >= 4 is 6.29 Å². The summed E-state index contributed by atoms with van der Waals surface area (Å²) >= 11 is 0. The van der Waals surface area contributed by atoms with Crippen LogP contribution in [0.25, 0.3) is 0 Å². The lowest BCUT2D eigenvalue weighted by molar-refractivity contribution is 0.111. The van der Waals surface area contributed by atoms with Gasteiger partial charge in [-0.15, -0.1) is 0 Å². The highest BCUT2D eigenvalue weighted by Gasteiger charge is 2.13. The molecule has 1 aromatic heterocycles. The highest BCUT2D eigenvalue weighted by Crippen LogP contribution is 2.19. The number of aliphatic hydroxyl groups excluding tert-OH is 1. The zero-order valence-corrected chi connectivity index (χ0v) is 12.1. The molecule has 0 amide bonds. The van der Waals surface area contributed by atoms with E-state index >= 15 is 0 Å². The minimum absolute atomic E-state index is 0.229. The van der Waals surface area contributed by atoms with Crippen LogP contribution in [0.1, 0.15) is 60.2 Å². The fourth-order valence-corrected chi connectivity index (χ4v) is 2.30. The first kappa shape index (κ1) is 15.4. The molecule has 21 heavy (non-hydrogen) atoms. The third kappa shape index (κ3) is 5.16. The largest absolute Gasteiger partial charge is 0.445 e. The summed E-state index contributed by atoms with van der Waals surface area (Å²) in [5.74, 6) is 0.237. The number of hydrogen-bond donors (Lipinski definition) is 1. The van der Waals surface area contributed by atoms with Crippen molar-refractivity contribution in [2.45, 2.75) is 44.6 Å². The third-order valence-corrected chi connectivity index (χ3v) is 3.48. The number of aldehydes is 1. The number of benzene rings is 1. The molecular formula is C17H21NO3.